The standard InChI is InChI=1S/C16H13NO2/c1-9-6-14(18)17-5-3-4-12-15(17)13(9)8-11-7-10(2)19-16(11)12/h3,5-8H,4H2,1-2H3. The van der Waals surface area contributed by atoms with Gasteiger partial charge in [-0.15, -0.1) is 0 Å². The molecule has 1 aromatic carbocycles. The number of aromatic nitrogens is 1. The molecule has 19 heavy (non-hydrogen) atoms. The molecule has 0 fully saturated rings. The Kier molecular flexibility index (Phi) is 1.89. The molecular weight excluding hydrogens is 238 g/mol. The number of pyridine rings is 1. The fourth-order valence-electron chi connectivity index (χ4n) is 3.00. The minimum atomic E-state index is 0.0184. The largest absolute Gasteiger partial charge is 0.461 e. The molecule has 0 spiro atoms. The summed E-state index contributed by atoms with van der Waals surface area (Å²) in [6.45, 7) is 3.94. The van der Waals surface area contributed by atoms with Gasteiger partial charge in [0.25, 0.3) is 5.56 Å². The van der Waals surface area contributed by atoms with Crippen molar-refractivity contribution in [3.05, 3.63) is 51.5 Å². The van der Waals surface area contributed by atoms with Gasteiger partial charge in [0.2, 0.25) is 0 Å². The lowest BCUT2D eigenvalue weighted by Crippen LogP contribution is -2.18. The van der Waals surface area contributed by atoms with E-state index < -0.39 is 0 Å². The molecule has 3 heterocycles. The maximum atomic E-state index is 12.1. The summed E-state index contributed by atoms with van der Waals surface area (Å²) in [6, 6.07) is 5.87. The van der Waals surface area contributed by atoms with Crippen LogP contribution in [0.1, 0.15) is 16.9 Å². The van der Waals surface area contributed by atoms with Crippen molar-refractivity contribution in [2.45, 2.75) is 20.3 Å². The van der Waals surface area contributed by atoms with Gasteiger partial charge in [-0.25, -0.2) is 0 Å². The first-order chi connectivity index (χ1) is 9.15. The summed E-state index contributed by atoms with van der Waals surface area (Å²) < 4.78 is 7.54. The topological polar surface area (TPSA) is 35.1 Å². The highest BCUT2D eigenvalue weighted by Gasteiger charge is 2.17. The third kappa shape index (κ3) is 1.30. The summed E-state index contributed by atoms with van der Waals surface area (Å²) in [5, 5.41) is 2.25. The molecule has 3 nitrogen and oxygen atoms in total. The van der Waals surface area contributed by atoms with Gasteiger partial charge in [-0.05, 0) is 38.0 Å². The molecule has 1 aliphatic heterocycles. The highest BCUT2D eigenvalue weighted by atomic mass is 16.3. The number of furan rings is 1. The quantitative estimate of drug-likeness (QED) is 0.614. The molecule has 0 N–H and O–H groups in total. The number of rotatable bonds is 0. The maximum absolute atomic E-state index is 12.1. The van der Waals surface area contributed by atoms with E-state index in [1.54, 1.807) is 10.6 Å². The molecule has 0 saturated carbocycles. The Hall–Kier alpha value is -2.29. The summed E-state index contributed by atoms with van der Waals surface area (Å²) in [6.07, 6.45) is 4.68. The average Bonchev–Trinajstić information content (AvgIpc) is 2.76. The second kappa shape index (κ2) is 3.38. The molecule has 1 aliphatic rings. The van der Waals surface area contributed by atoms with Crippen LogP contribution in [0.5, 0.6) is 0 Å². The van der Waals surface area contributed by atoms with Crippen LogP contribution in [0.4, 0.5) is 0 Å². The van der Waals surface area contributed by atoms with Crippen LogP contribution in [-0.4, -0.2) is 4.57 Å². The summed E-state index contributed by atoms with van der Waals surface area (Å²) >= 11 is 0. The molecule has 4 rings (SSSR count). The van der Waals surface area contributed by atoms with Crippen molar-refractivity contribution >= 4 is 28.1 Å². The number of aryl methyl sites for hydroxylation is 2. The van der Waals surface area contributed by atoms with Crippen LogP contribution < -0.4 is 5.56 Å². The van der Waals surface area contributed by atoms with Crippen LogP contribution in [0.2, 0.25) is 0 Å². The maximum Gasteiger partial charge on any atom is 0.255 e. The number of hydrogen-bond donors (Lipinski definition) is 0. The first kappa shape index (κ1) is 10.6. The van der Waals surface area contributed by atoms with Crippen molar-refractivity contribution in [3.63, 3.8) is 0 Å². The molecule has 0 aliphatic carbocycles. The van der Waals surface area contributed by atoms with Crippen molar-refractivity contribution in [2.75, 3.05) is 0 Å². The van der Waals surface area contributed by atoms with E-state index in [2.05, 4.69) is 12.1 Å². The van der Waals surface area contributed by atoms with E-state index in [-0.39, 0.29) is 5.56 Å². The van der Waals surface area contributed by atoms with Crippen molar-refractivity contribution in [2.24, 2.45) is 0 Å². The van der Waals surface area contributed by atoms with E-state index in [0.717, 1.165) is 45.2 Å². The van der Waals surface area contributed by atoms with Gasteiger partial charge < -0.3 is 4.42 Å². The molecule has 3 aromatic rings. The molecular formula is C16H13NO2. The van der Waals surface area contributed by atoms with Crippen molar-refractivity contribution < 1.29 is 4.42 Å². The van der Waals surface area contributed by atoms with Crippen LogP contribution >= 0.6 is 0 Å². The summed E-state index contributed by atoms with van der Waals surface area (Å²) in [5.74, 6) is 0.905. The second-order valence-corrected chi connectivity index (χ2v) is 5.15. The number of hydrogen-bond acceptors (Lipinski definition) is 2. The first-order valence-corrected chi connectivity index (χ1v) is 6.39. The fraction of sp³-hybridized carbons (Fsp3) is 0.188. The van der Waals surface area contributed by atoms with Gasteiger partial charge >= 0.3 is 0 Å². The number of fused-ring (bicyclic) bond motifs is 2. The zero-order valence-electron chi connectivity index (χ0n) is 10.9. The molecule has 0 radical (unpaired) electrons. The average molecular weight is 251 g/mol. The van der Waals surface area contributed by atoms with E-state index in [9.17, 15) is 4.79 Å². The number of allylic oxidation sites excluding steroid dienone is 1. The molecule has 0 bridgehead atoms. The van der Waals surface area contributed by atoms with Gasteiger partial charge in [-0.3, -0.25) is 9.36 Å². The number of nitrogens with zero attached hydrogens (tertiary/aromatic N) is 1. The summed E-state index contributed by atoms with van der Waals surface area (Å²) in [5.41, 5.74) is 4.06. The molecule has 3 heteroatoms. The number of benzene rings is 1. The fourth-order valence-corrected chi connectivity index (χ4v) is 3.00. The highest BCUT2D eigenvalue weighted by molar-refractivity contribution is 6.01. The Morgan fingerprint density at radius 3 is 2.89 bits per heavy atom. The lowest BCUT2D eigenvalue weighted by molar-refractivity contribution is 0.576. The van der Waals surface area contributed by atoms with Gasteiger partial charge in [-0.1, -0.05) is 6.08 Å². The lowest BCUT2D eigenvalue weighted by Gasteiger charge is -2.16. The SMILES string of the molecule is Cc1cc2cc3c(C)cc(=O)n4c3c(c2o1)CC=C4. The smallest absolute Gasteiger partial charge is 0.255 e. The second-order valence-electron chi connectivity index (χ2n) is 5.15. The summed E-state index contributed by atoms with van der Waals surface area (Å²) in [4.78, 5) is 12.1. The van der Waals surface area contributed by atoms with E-state index >= 15 is 0 Å². The van der Waals surface area contributed by atoms with E-state index in [0.29, 0.717) is 0 Å². The molecule has 94 valence electrons. The van der Waals surface area contributed by atoms with Crippen LogP contribution in [0.3, 0.4) is 0 Å². The monoisotopic (exact) mass is 251 g/mol. The van der Waals surface area contributed by atoms with Crippen LogP contribution in [0.25, 0.3) is 28.1 Å². The Balaban J connectivity index is 2.37. The minimum absolute atomic E-state index is 0.0184. The third-order valence-electron chi connectivity index (χ3n) is 3.82. The van der Waals surface area contributed by atoms with Gasteiger partial charge in [0.05, 0.1) is 5.52 Å². The van der Waals surface area contributed by atoms with Crippen molar-refractivity contribution in [1.82, 2.24) is 4.57 Å². The molecule has 0 saturated heterocycles. The predicted molar refractivity (Wildman–Crippen MR) is 76.5 cm³/mol. The van der Waals surface area contributed by atoms with Gasteiger partial charge in [0.1, 0.15) is 11.3 Å². The predicted octanol–water partition coefficient (Wildman–Crippen LogP) is 3.39. The van der Waals surface area contributed by atoms with Crippen molar-refractivity contribution in [3.8, 4) is 0 Å². The zero-order chi connectivity index (χ0) is 13.1. The van der Waals surface area contributed by atoms with Gasteiger partial charge in [0.15, 0.2) is 0 Å². The molecule has 0 unspecified atom stereocenters. The zero-order valence-corrected chi connectivity index (χ0v) is 10.9. The van der Waals surface area contributed by atoms with Crippen LogP contribution in [-0.2, 0) is 6.42 Å². The molecule has 0 amide bonds. The highest BCUT2D eigenvalue weighted by Crippen LogP contribution is 2.33. The van der Waals surface area contributed by atoms with E-state index in [1.807, 2.05) is 26.1 Å². The van der Waals surface area contributed by atoms with Gasteiger partial charge in [0, 0.05) is 28.6 Å². The normalized spacial score (nSPS) is 13.6. The Morgan fingerprint density at radius 2 is 2.05 bits per heavy atom. The lowest BCUT2D eigenvalue weighted by atomic mass is 9.99. The molecule has 0 atom stereocenters. The van der Waals surface area contributed by atoms with E-state index in [4.69, 9.17) is 4.42 Å². The van der Waals surface area contributed by atoms with Crippen LogP contribution in [0, 0.1) is 13.8 Å². The van der Waals surface area contributed by atoms with Crippen LogP contribution in [0.15, 0.2) is 33.5 Å². The first-order valence-electron chi connectivity index (χ1n) is 6.39. The third-order valence-corrected chi connectivity index (χ3v) is 3.82. The Labute approximate surface area is 109 Å². The Bertz CT molecular complexity index is 925. The van der Waals surface area contributed by atoms with Gasteiger partial charge in [-0.2, -0.15) is 0 Å². The Morgan fingerprint density at radius 1 is 1.21 bits per heavy atom. The summed E-state index contributed by atoms with van der Waals surface area (Å²) in [7, 11) is 0. The van der Waals surface area contributed by atoms with Crippen molar-refractivity contribution in [1.29, 1.82) is 0 Å². The van der Waals surface area contributed by atoms with E-state index in [1.165, 1.54) is 0 Å². The molecule has 2 aromatic heterocycles. The minimum Gasteiger partial charge on any atom is -0.461 e.